The highest BCUT2D eigenvalue weighted by molar-refractivity contribution is 9.10. The molecule has 1 aromatic carbocycles. The first-order chi connectivity index (χ1) is 9.14. The van der Waals surface area contributed by atoms with Crippen LogP contribution in [0.5, 0.6) is 11.5 Å². The molecule has 0 spiro atoms. The van der Waals surface area contributed by atoms with E-state index in [2.05, 4.69) is 15.9 Å². The molecule has 0 N–H and O–H groups in total. The SMILES string of the molecule is CC(C)(C(=O)c1cc2c(cc1Br)OCCO2)S(C)(=O)=O. The topological polar surface area (TPSA) is 69.7 Å². The molecule has 7 heteroatoms. The maximum Gasteiger partial charge on any atom is 0.184 e. The van der Waals surface area contributed by atoms with Gasteiger partial charge >= 0.3 is 0 Å². The van der Waals surface area contributed by atoms with Crippen LogP contribution in [0.1, 0.15) is 24.2 Å². The van der Waals surface area contributed by atoms with Crippen LogP contribution >= 0.6 is 15.9 Å². The summed E-state index contributed by atoms with van der Waals surface area (Å²) in [6.45, 7) is 3.64. The molecule has 0 saturated carbocycles. The van der Waals surface area contributed by atoms with E-state index in [0.717, 1.165) is 6.26 Å². The van der Waals surface area contributed by atoms with Gasteiger partial charge in [-0.15, -0.1) is 0 Å². The molecule has 2 rings (SSSR count). The van der Waals surface area contributed by atoms with Gasteiger partial charge in [0, 0.05) is 16.3 Å². The maximum absolute atomic E-state index is 12.5. The fourth-order valence-electron chi connectivity index (χ4n) is 1.73. The summed E-state index contributed by atoms with van der Waals surface area (Å²) in [6.07, 6.45) is 1.05. The predicted octanol–water partition coefficient (Wildman–Crippen LogP) is 2.23. The van der Waals surface area contributed by atoms with Crippen molar-refractivity contribution >= 4 is 31.6 Å². The third kappa shape index (κ3) is 2.56. The molecule has 20 heavy (non-hydrogen) atoms. The van der Waals surface area contributed by atoms with Crippen molar-refractivity contribution in [3.05, 3.63) is 22.2 Å². The average Bonchev–Trinajstić information content (AvgIpc) is 2.35. The van der Waals surface area contributed by atoms with Crippen molar-refractivity contribution < 1.29 is 22.7 Å². The first-order valence-electron chi connectivity index (χ1n) is 5.98. The normalized spacial score (nSPS) is 15.0. The van der Waals surface area contributed by atoms with Crippen LogP contribution in [0, 0.1) is 0 Å². The fraction of sp³-hybridized carbons (Fsp3) is 0.462. The monoisotopic (exact) mass is 362 g/mol. The van der Waals surface area contributed by atoms with Crippen molar-refractivity contribution in [3.8, 4) is 11.5 Å². The largest absolute Gasteiger partial charge is 0.486 e. The lowest BCUT2D eigenvalue weighted by Gasteiger charge is -2.24. The van der Waals surface area contributed by atoms with Crippen molar-refractivity contribution in [1.82, 2.24) is 0 Å². The number of hydrogen-bond acceptors (Lipinski definition) is 5. The van der Waals surface area contributed by atoms with Gasteiger partial charge in [0.1, 0.15) is 18.0 Å². The first kappa shape index (κ1) is 15.3. The molecule has 0 atom stereocenters. The Hall–Kier alpha value is -1.08. The summed E-state index contributed by atoms with van der Waals surface area (Å²) in [4.78, 5) is 12.5. The van der Waals surface area contributed by atoms with Crippen molar-refractivity contribution in [2.45, 2.75) is 18.6 Å². The van der Waals surface area contributed by atoms with E-state index < -0.39 is 20.4 Å². The quantitative estimate of drug-likeness (QED) is 0.771. The molecule has 1 aliphatic rings. The number of ketones is 1. The molecule has 0 fully saturated rings. The lowest BCUT2D eigenvalue weighted by molar-refractivity contribution is 0.0952. The third-order valence-corrected chi connectivity index (χ3v) is 6.05. The van der Waals surface area contributed by atoms with Crippen LogP contribution < -0.4 is 9.47 Å². The van der Waals surface area contributed by atoms with E-state index in [0.29, 0.717) is 29.2 Å². The number of rotatable bonds is 3. The van der Waals surface area contributed by atoms with Crippen LogP contribution in [-0.2, 0) is 9.84 Å². The smallest absolute Gasteiger partial charge is 0.184 e. The van der Waals surface area contributed by atoms with Crippen LogP contribution in [-0.4, -0.2) is 38.4 Å². The van der Waals surface area contributed by atoms with Gasteiger partial charge in [0.15, 0.2) is 27.1 Å². The highest BCUT2D eigenvalue weighted by Gasteiger charge is 2.40. The predicted molar refractivity (Wildman–Crippen MR) is 78.4 cm³/mol. The number of benzene rings is 1. The number of fused-ring (bicyclic) bond motifs is 1. The van der Waals surface area contributed by atoms with Gasteiger partial charge in [-0.25, -0.2) is 8.42 Å². The van der Waals surface area contributed by atoms with Crippen molar-refractivity contribution in [3.63, 3.8) is 0 Å². The molecule has 0 amide bonds. The van der Waals surface area contributed by atoms with Crippen LogP contribution in [0.4, 0.5) is 0 Å². The maximum atomic E-state index is 12.5. The number of carbonyl (C=O) groups excluding carboxylic acids is 1. The van der Waals surface area contributed by atoms with E-state index >= 15 is 0 Å². The molecule has 1 aromatic rings. The molecule has 1 aliphatic heterocycles. The van der Waals surface area contributed by atoms with Crippen LogP contribution in [0.15, 0.2) is 16.6 Å². The van der Waals surface area contributed by atoms with Crippen LogP contribution in [0.2, 0.25) is 0 Å². The molecular weight excluding hydrogens is 348 g/mol. The second-order valence-corrected chi connectivity index (χ2v) is 8.51. The van der Waals surface area contributed by atoms with Crippen molar-refractivity contribution in [2.75, 3.05) is 19.5 Å². The third-order valence-electron chi connectivity index (χ3n) is 3.35. The van der Waals surface area contributed by atoms with Crippen molar-refractivity contribution in [2.24, 2.45) is 0 Å². The van der Waals surface area contributed by atoms with Gasteiger partial charge in [-0.05, 0) is 41.9 Å². The number of sulfone groups is 1. The van der Waals surface area contributed by atoms with Gasteiger partial charge in [0.05, 0.1) is 0 Å². The minimum absolute atomic E-state index is 0.268. The van der Waals surface area contributed by atoms with E-state index in [9.17, 15) is 13.2 Å². The van der Waals surface area contributed by atoms with E-state index in [4.69, 9.17) is 9.47 Å². The zero-order chi connectivity index (χ0) is 15.1. The summed E-state index contributed by atoms with van der Waals surface area (Å²) in [5.41, 5.74) is 0.268. The molecule has 0 radical (unpaired) electrons. The van der Waals surface area contributed by atoms with E-state index in [-0.39, 0.29) is 5.56 Å². The molecule has 1 heterocycles. The summed E-state index contributed by atoms with van der Waals surface area (Å²) >= 11 is 3.28. The zero-order valence-corrected chi connectivity index (χ0v) is 13.8. The summed E-state index contributed by atoms with van der Waals surface area (Å²) in [5, 5.41) is 0. The molecule has 0 aromatic heterocycles. The lowest BCUT2D eigenvalue weighted by atomic mass is 9.99. The zero-order valence-electron chi connectivity index (χ0n) is 11.4. The molecule has 0 bridgehead atoms. The highest BCUT2D eigenvalue weighted by atomic mass is 79.9. The number of hydrogen-bond donors (Lipinski definition) is 0. The molecule has 0 unspecified atom stereocenters. The van der Waals surface area contributed by atoms with Gasteiger partial charge in [-0.2, -0.15) is 0 Å². The second-order valence-electron chi connectivity index (χ2n) is 5.09. The van der Waals surface area contributed by atoms with E-state index in [1.807, 2.05) is 0 Å². The highest BCUT2D eigenvalue weighted by Crippen LogP contribution is 2.37. The molecule has 5 nitrogen and oxygen atoms in total. The lowest BCUT2D eigenvalue weighted by Crippen LogP contribution is -2.40. The van der Waals surface area contributed by atoms with Gasteiger partial charge in [-0.1, -0.05) is 0 Å². The van der Waals surface area contributed by atoms with Gasteiger partial charge in [0.25, 0.3) is 0 Å². The number of carbonyl (C=O) groups is 1. The summed E-state index contributed by atoms with van der Waals surface area (Å²) < 4.78 is 33.4. The Balaban J connectivity index is 2.51. The van der Waals surface area contributed by atoms with E-state index in [1.165, 1.54) is 19.9 Å². The van der Waals surface area contributed by atoms with Crippen molar-refractivity contribution in [1.29, 1.82) is 0 Å². The minimum Gasteiger partial charge on any atom is -0.486 e. The van der Waals surface area contributed by atoms with Gasteiger partial charge < -0.3 is 9.47 Å². The average molecular weight is 363 g/mol. The Labute approximate surface area is 126 Å². The summed E-state index contributed by atoms with van der Waals surface area (Å²) in [7, 11) is -3.53. The summed E-state index contributed by atoms with van der Waals surface area (Å²) in [5.74, 6) is 0.507. The molecular formula is C13H15BrO5S. The second kappa shape index (κ2) is 5.04. The minimum atomic E-state index is -3.53. The molecule has 0 aliphatic carbocycles. The molecule has 0 saturated heterocycles. The standard InChI is InChI=1S/C13H15BrO5S/c1-13(2,20(3,16)17)12(15)8-6-10-11(7-9(8)14)19-5-4-18-10/h6-7H,4-5H2,1-3H3. The number of ether oxygens (including phenoxy) is 2. The van der Waals surface area contributed by atoms with Crippen LogP contribution in [0.3, 0.4) is 0 Å². The molecule has 110 valence electrons. The fourth-order valence-corrected chi connectivity index (χ4v) is 2.68. The Kier molecular flexibility index (Phi) is 3.85. The Morgan fingerprint density at radius 2 is 1.70 bits per heavy atom. The number of halogens is 1. The Morgan fingerprint density at radius 1 is 1.20 bits per heavy atom. The van der Waals surface area contributed by atoms with Gasteiger partial charge in [0.2, 0.25) is 0 Å². The first-order valence-corrected chi connectivity index (χ1v) is 8.66. The van der Waals surface area contributed by atoms with Crippen LogP contribution in [0.25, 0.3) is 0 Å². The van der Waals surface area contributed by atoms with Gasteiger partial charge in [-0.3, -0.25) is 4.79 Å². The Morgan fingerprint density at radius 3 is 2.20 bits per heavy atom. The summed E-state index contributed by atoms with van der Waals surface area (Å²) in [6, 6.07) is 3.15. The van der Waals surface area contributed by atoms with E-state index in [1.54, 1.807) is 6.07 Å². The number of Topliss-reactive ketones (excluding diaryl/α,β-unsaturated/α-hetero) is 1. The Bertz CT molecular complexity index is 664.